The second-order valence-electron chi connectivity index (χ2n) is 4.91. The normalized spacial score (nSPS) is 10.3. The predicted molar refractivity (Wildman–Crippen MR) is 75.4 cm³/mol. The Morgan fingerprint density at radius 1 is 1.21 bits per heavy atom. The molecule has 3 heteroatoms. The van der Waals surface area contributed by atoms with Crippen LogP contribution in [0.4, 0.5) is 0 Å². The van der Waals surface area contributed by atoms with E-state index in [0.717, 1.165) is 11.3 Å². The van der Waals surface area contributed by atoms with E-state index < -0.39 is 0 Å². The Morgan fingerprint density at radius 2 is 1.79 bits per heavy atom. The molecule has 0 saturated carbocycles. The van der Waals surface area contributed by atoms with Gasteiger partial charge in [0.05, 0.1) is 12.5 Å². The minimum atomic E-state index is -0.190. The lowest BCUT2D eigenvalue weighted by molar-refractivity contribution is -0.124. The first-order chi connectivity index (χ1) is 8.88. The van der Waals surface area contributed by atoms with Gasteiger partial charge in [0.1, 0.15) is 11.5 Å². The molecule has 0 amide bonds. The number of Topliss-reactive ketones (excluding diaryl/α,β-unsaturated/α-hetero) is 2. The standard InChI is InChI=1S/C16H20O3/c1-11(2)16(18)10-14(17)9-13-5-7-15(8-6-13)19-12(3)4/h5-8,12H,1,9-10H2,2-4H3. The third-order valence-electron chi connectivity index (χ3n) is 2.53. The zero-order valence-corrected chi connectivity index (χ0v) is 11.7. The Hall–Kier alpha value is -1.90. The largest absolute Gasteiger partial charge is 0.491 e. The van der Waals surface area contributed by atoms with Crippen LogP contribution in [-0.2, 0) is 16.0 Å². The molecule has 1 aromatic carbocycles. The monoisotopic (exact) mass is 260 g/mol. The second-order valence-corrected chi connectivity index (χ2v) is 4.91. The fourth-order valence-corrected chi connectivity index (χ4v) is 1.58. The van der Waals surface area contributed by atoms with Crippen molar-refractivity contribution in [1.82, 2.24) is 0 Å². The molecule has 0 spiro atoms. The minimum absolute atomic E-state index is 0.0699. The third kappa shape index (κ3) is 5.51. The van der Waals surface area contributed by atoms with Gasteiger partial charge in [0.2, 0.25) is 0 Å². The van der Waals surface area contributed by atoms with Crippen molar-refractivity contribution in [3.05, 3.63) is 42.0 Å². The molecular formula is C16H20O3. The van der Waals surface area contributed by atoms with Gasteiger partial charge in [-0.15, -0.1) is 0 Å². The molecule has 102 valence electrons. The minimum Gasteiger partial charge on any atom is -0.491 e. The van der Waals surface area contributed by atoms with Crippen LogP contribution in [0.1, 0.15) is 32.8 Å². The molecule has 0 unspecified atom stereocenters. The van der Waals surface area contributed by atoms with Crippen LogP contribution in [0.2, 0.25) is 0 Å². The summed E-state index contributed by atoms with van der Waals surface area (Å²) in [6.07, 6.45) is 0.321. The topological polar surface area (TPSA) is 43.4 Å². The summed E-state index contributed by atoms with van der Waals surface area (Å²) >= 11 is 0. The summed E-state index contributed by atoms with van der Waals surface area (Å²) in [5, 5.41) is 0. The molecule has 0 bridgehead atoms. The van der Waals surface area contributed by atoms with Crippen LogP contribution in [0.3, 0.4) is 0 Å². The SMILES string of the molecule is C=C(C)C(=O)CC(=O)Cc1ccc(OC(C)C)cc1. The number of hydrogen-bond donors (Lipinski definition) is 0. The average Bonchev–Trinajstić information content (AvgIpc) is 2.30. The number of ketones is 2. The molecule has 0 aliphatic heterocycles. The fraction of sp³-hybridized carbons (Fsp3) is 0.375. The zero-order valence-electron chi connectivity index (χ0n) is 11.7. The van der Waals surface area contributed by atoms with Gasteiger partial charge in [0, 0.05) is 6.42 Å². The third-order valence-corrected chi connectivity index (χ3v) is 2.53. The Kier molecular flexibility index (Phi) is 5.49. The van der Waals surface area contributed by atoms with E-state index in [4.69, 9.17) is 4.74 Å². The Bertz CT molecular complexity index is 469. The summed E-state index contributed by atoms with van der Waals surface area (Å²) in [6, 6.07) is 7.37. The molecule has 19 heavy (non-hydrogen) atoms. The summed E-state index contributed by atoms with van der Waals surface area (Å²) in [4.78, 5) is 23.1. The van der Waals surface area contributed by atoms with Gasteiger partial charge in [-0.05, 0) is 44.0 Å². The van der Waals surface area contributed by atoms with Crippen LogP contribution in [0.15, 0.2) is 36.4 Å². The van der Waals surface area contributed by atoms with Crippen molar-refractivity contribution in [2.45, 2.75) is 39.7 Å². The Labute approximate surface area is 114 Å². The van der Waals surface area contributed by atoms with Gasteiger partial charge in [-0.2, -0.15) is 0 Å². The molecule has 3 nitrogen and oxygen atoms in total. The van der Waals surface area contributed by atoms with Crippen molar-refractivity contribution in [3.63, 3.8) is 0 Å². The molecule has 0 fully saturated rings. The summed E-state index contributed by atoms with van der Waals surface area (Å²) in [7, 11) is 0. The quantitative estimate of drug-likeness (QED) is 0.559. The van der Waals surface area contributed by atoms with Gasteiger partial charge in [-0.25, -0.2) is 0 Å². The number of allylic oxidation sites excluding steroid dienone is 1. The van der Waals surface area contributed by atoms with Crippen molar-refractivity contribution < 1.29 is 14.3 Å². The fourth-order valence-electron chi connectivity index (χ4n) is 1.58. The smallest absolute Gasteiger partial charge is 0.165 e. The highest BCUT2D eigenvalue weighted by molar-refractivity contribution is 6.07. The van der Waals surface area contributed by atoms with Crippen molar-refractivity contribution in [1.29, 1.82) is 0 Å². The van der Waals surface area contributed by atoms with Crippen LogP contribution in [0.25, 0.3) is 0 Å². The van der Waals surface area contributed by atoms with Crippen molar-refractivity contribution in [2.75, 3.05) is 0 Å². The molecule has 0 aromatic heterocycles. The van der Waals surface area contributed by atoms with Crippen molar-refractivity contribution >= 4 is 11.6 Å². The highest BCUT2D eigenvalue weighted by atomic mass is 16.5. The van der Waals surface area contributed by atoms with Crippen molar-refractivity contribution in [3.8, 4) is 5.75 Å². The number of carbonyl (C=O) groups is 2. The van der Waals surface area contributed by atoms with Gasteiger partial charge < -0.3 is 4.74 Å². The summed E-state index contributed by atoms with van der Waals surface area (Å²) < 4.78 is 5.52. The summed E-state index contributed by atoms with van der Waals surface area (Å²) in [5.41, 5.74) is 1.31. The molecule has 0 saturated heterocycles. The molecule has 0 N–H and O–H groups in total. The molecule has 1 aromatic rings. The predicted octanol–water partition coefficient (Wildman–Crippen LogP) is 3.12. The van der Waals surface area contributed by atoms with E-state index in [1.807, 2.05) is 38.1 Å². The number of hydrogen-bond acceptors (Lipinski definition) is 3. The molecule has 0 heterocycles. The van der Waals surface area contributed by atoms with Crippen LogP contribution in [0.5, 0.6) is 5.75 Å². The van der Waals surface area contributed by atoms with E-state index in [0.29, 0.717) is 5.57 Å². The first-order valence-electron chi connectivity index (χ1n) is 6.34. The lowest BCUT2D eigenvalue weighted by atomic mass is 10.0. The number of carbonyl (C=O) groups excluding carboxylic acids is 2. The van der Waals surface area contributed by atoms with Gasteiger partial charge in [0.15, 0.2) is 5.78 Å². The lowest BCUT2D eigenvalue weighted by Gasteiger charge is -2.09. The maximum absolute atomic E-state index is 11.7. The Morgan fingerprint density at radius 3 is 2.26 bits per heavy atom. The average molecular weight is 260 g/mol. The maximum Gasteiger partial charge on any atom is 0.165 e. The summed E-state index contributed by atoms with van der Waals surface area (Å²) in [5.74, 6) is 0.500. The number of ether oxygens (including phenoxy) is 1. The highest BCUT2D eigenvalue weighted by Crippen LogP contribution is 2.14. The van der Waals surface area contributed by atoms with Gasteiger partial charge in [0.25, 0.3) is 0 Å². The first-order valence-corrected chi connectivity index (χ1v) is 6.34. The molecule has 0 aliphatic carbocycles. The van der Waals surface area contributed by atoms with Crippen molar-refractivity contribution in [2.24, 2.45) is 0 Å². The van der Waals surface area contributed by atoms with Gasteiger partial charge >= 0.3 is 0 Å². The van der Waals surface area contributed by atoms with E-state index in [1.54, 1.807) is 6.92 Å². The number of rotatable bonds is 7. The zero-order chi connectivity index (χ0) is 14.4. The van der Waals surface area contributed by atoms with E-state index in [2.05, 4.69) is 6.58 Å². The van der Waals surface area contributed by atoms with Crippen LogP contribution in [-0.4, -0.2) is 17.7 Å². The highest BCUT2D eigenvalue weighted by Gasteiger charge is 2.10. The van der Waals surface area contributed by atoms with Crippen LogP contribution in [0, 0.1) is 0 Å². The van der Waals surface area contributed by atoms with E-state index in [-0.39, 0.29) is 30.5 Å². The maximum atomic E-state index is 11.7. The van der Waals surface area contributed by atoms with Crippen LogP contribution >= 0.6 is 0 Å². The molecule has 1 rings (SSSR count). The molecular weight excluding hydrogens is 240 g/mol. The molecule has 0 radical (unpaired) electrons. The van der Waals surface area contributed by atoms with E-state index in [1.165, 1.54) is 0 Å². The van der Waals surface area contributed by atoms with Crippen LogP contribution < -0.4 is 4.74 Å². The lowest BCUT2D eigenvalue weighted by Crippen LogP contribution is -2.10. The van der Waals surface area contributed by atoms with E-state index >= 15 is 0 Å². The summed E-state index contributed by atoms with van der Waals surface area (Å²) in [6.45, 7) is 9.07. The van der Waals surface area contributed by atoms with Gasteiger partial charge in [-0.3, -0.25) is 9.59 Å². The van der Waals surface area contributed by atoms with E-state index in [9.17, 15) is 9.59 Å². The first kappa shape index (κ1) is 15.2. The van der Waals surface area contributed by atoms with Gasteiger partial charge in [-0.1, -0.05) is 18.7 Å². The molecule has 0 atom stereocenters. The number of benzene rings is 1. The second kappa shape index (κ2) is 6.88. The molecule has 0 aliphatic rings. The Balaban J connectivity index is 2.55.